The van der Waals surface area contributed by atoms with Gasteiger partial charge in [0.25, 0.3) is 0 Å². The number of likely N-dealkylation sites (tertiary alicyclic amines) is 1. The first kappa shape index (κ1) is 18.9. The van der Waals surface area contributed by atoms with Crippen LogP contribution in [0.2, 0.25) is 0 Å². The number of carbonyl (C=O) groups is 1. The van der Waals surface area contributed by atoms with Gasteiger partial charge in [-0.2, -0.15) is 13.2 Å². The summed E-state index contributed by atoms with van der Waals surface area (Å²) in [5, 5.41) is 11.5. The first-order valence-electron chi connectivity index (χ1n) is 8.49. The van der Waals surface area contributed by atoms with Crippen molar-refractivity contribution in [2.75, 3.05) is 6.54 Å². The normalized spacial score (nSPS) is 20.1. The molecule has 7 heteroatoms. The molecule has 26 heavy (non-hydrogen) atoms. The molecular weight excluding hydrogens is 363 g/mol. The molecule has 2 aromatic rings. The summed E-state index contributed by atoms with van der Waals surface area (Å²) in [6.07, 6.45) is -2.50. The highest BCUT2D eigenvalue weighted by molar-refractivity contribution is 7.10. The van der Waals surface area contributed by atoms with Crippen LogP contribution in [0.1, 0.15) is 46.9 Å². The van der Waals surface area contributed by atoms with Gasteiger partial charge in [0.2, 0.25) is 0 Å². The van der Waals surface area contributed by atoms with Crippen LogP contribution in [0.3, 0.4) is 0 Å². The smallest absolute Gasteiger partial charge is 0.416 e. The van der Waals surface area contributed by atoms with Crippen molar-refractivity contribution in [1.29, 1.82) is 0 Å². The Morgan fingerprint density at radius 3 is 2.62 bits per heavy atom. The maximum Gasteiger partial charge on any atom is 0.416 e. The van der Waals surface area contributed by atoms with Gasteiger partial charge >= 0.3 is 12.1 Å². The van der Waals surface area contributed by atoms with E-state index in [1.54, 1.807) is 11.0 Å². The number of thiophene rings is 1. The molecule has 0 amide bonds. The van der Waals surface area contributed by atoms with Crippen molar-refractivity contribution in [2.45, 2.75) is 44.4 Å². The van der Waals surface area contributed by atoms with Crippen molar-refractivity contribution in [3.8, 4) is 0 Å². The summed E-state index contributed by atoms with van der Waals surface area (Å²) >= 11 is 1.38. The fourth-order valence-electron chi connectivity index (χ4n) is 3.66. The topological polar surface area (TPSA) is 40.5 Å². The molecule has 1 aromatic heterocycles. The Bertz CT molecular complexity index is 787. The SMILES string of the molecule is Cc1ccsc1C(c1ccccc1C(F)(F)F)N1CCCCC1C(=O)O. The second kappa shape index (κ2) is 7.40. The molecule has 140 valence electrons. The van der Waals surface area contributed by atoms with E-state index < -0.39 is 29.8 Å². The Morgan fingerprint density at radius 1 is 1.27 bits per heavy atom. The van der Waals surface area contributed by atoms with E-state index in [-0.39, 0.29) is 5.56 Å². The van der Waals surface area contributed by atoms with Crippen molar-refractivity contribution >= 4 is 17.3 Å². The molecule has 0 bridgehead atoms. The van der Waals surface area contributed by atoms with Gasteiger partial charge < -0.3 is 5.11 Å². The van der Waals surface area contributed by atoms with Gasteiger partial charge in [-0.15, -0.1) is 11.3 Å². The van der Waals surface area contributed by atoms with Gasteiger partial charge in [-0.3, -0.25) is 9.69 Å². The van der Waals surface area contributed by atoms with Crippen LogP contribution in [0, 0.1) is 6.92 Å². The van der Waals surface area contributed by atoms with Gasteiger partial charge in [-0.25, -0.2) is 0 Å². The van der Waals surface area contributed by atoms with Gasteiger partial charge in [0, 0.05) is 4.88 Å². The van der Waals surface area contributed by atoms with Crippen molar-refractivity contribution in [1.82, 2.24) is 4.90 Å². The Balaban J connectivity index is 2.18. The number of carboxylic acid groups (broad SMARTS) is 1. The molecule has 3 nitrogen and oxygen atoms in total. The zero-order valence-corrected chi connectivity index (χ0v) is 15.1. The summed E-state index contributed by atoms with van der Waals surface area (Å²) in [7, 11) is 0. The lowest BCUT2D eigenvalue weighted by atomic mass is 9.91. The Hall–Kier alpha value is -1.86. The largest absolute Gasteiger partial charge is 0.480 e. The molecule has 0 saturated carbocycles. The zero-order chi connectivity index (χ0) is 18.9. The molecule has 2 unspecified atom stereocenters. The number of halogens is 3. The quantitative estimate of drug-likeness (QED) is 0.798. The molecule has 1 aromatic carbocycles. The number of benzene rings is 1. The van der Waals surface area contributed by atoms with Crippen molar-refractivity contribution in [2.24, 2.45) is 0 Å². The fraction of sp³-hybridized carbons (Fsp3) is 0.421. The highest BCUT2D eigenvalue weighted by Gasteiger charge is 2.41. The molecule has 0 radical (unpaired) electrons. The summed E-state index contributed by atoms with van der Waals surface area (Å²) in [5.41, 5.74) is 0.304. The predicted molar refractivity (Wildman–Crippen MR) is 94.3 cm³/mol. The molecule has 2 atom stereocenters. The van der Waals surface area contributed by atoms with E-state index in [0.29, 0.717) is 13.0 Å². The third-order valence-corrected chi connectivity index (χ3v) is 5.94. The highest BCUT2D eigenvalue weighted by Crippen LogP contribution is 2.43. The molecule has 1 saturated heterocycles. The standard InChI is InChI=1S/C19H20F3NO2S/c1-12-9-11-26-17(12)16(23-10-5-4-8-15(23)18(24)25)13-6-2-3-7-14(13)19(20,21)22/h2-3,6-7,9,11,15-16H,4-5,8,10H2,1H3,(H,24,25). The van der Waals surface area contributed by atoms with Gasteiger partial charge in [0.15, 0.2) is 0 Å². The van der Waals surface area contributed by atoms with Crippen LogP contribution in [0.15, 0.2) is 35.7 Å². The number of alkyl halides is 3. The van der Waals surface area contributed by atoms with Crippen molar-refractivity contribution in [3.05, 3.63) is 57.3 Å². The number of nitrogens with zero attached hydrogens (tertiary/aromatic N) is 1. The molecular formula is C19H20F3NO2S. The van der Waals surface area contributed by atoms with E-state index >= 15 is 0 Å². The molecule has 0 spiro atoms. The van der Waals surface area contributed by atoms with E-state index in [1.807, 2.05) is 18.4 Å². The minimum absolute atomic E-state index is 0.124. The van der Waals surface area contributed by atoms with Crippen LogP contribution in [-0.4, -0.2) is 28.6 Å². The maximum absolute atomic E-state index is 13.6. The fourth-order valence-corrected chi connectivity index (χ4v) is 4.72. The third kappa shape index (κ3) is 3.64. The minimum Gasteiger partial charge on any atom is -0.480 e. The number of aliphatic carboxylic acids is 1. The second-order valence-corrected chi connectivity index (χ2v) is 7.49. The third-order valence-electron chi connectivity index (χ3n) is 4.87. The maximum atomic E-state index is 13.6. The summed E-state index contributed by atoms with van der Waals surface area (Å²) in [4.78, 5) is 14.3. The number of aryl methyl sites for hydroxylation is 1. The highest BCUT2D eigenvalue weighted by atomic mass is 32.1. The van der Waals surface area contributed by atoms with Gasteiger partial charge in [0.1, 0.15) is 6.04 Å². The average molecular weight is 383 g/mol. The first-order chi connectivity index (χ1) is 12.3. The predicted octanol–water partition coefficient (Wildman–Crippen LogP) is 5.10. The van der Waals surface area contributed by atoms with Crippen LogP contribution in [0.25, 0.3) is 0 Å². The molecule has 1 aliphatic heterocycles. The lowest BCUT2D eigenvalue weighted by Crippen LogP contribution is -2.47. The van der Waals surface area contributed by atoms with E-state index in [9.17, 15) is 23.1 Å². The molecule has 1 aliphatic rings. The van der Waals surface area contributed by atoms with Crippen LogP contribution in [-0.2, 0) is 11.0 Å². The van der Waals surface area contributed by atoms with E-state index in [1.165, 1.54) is 23.5 Å². The number of hydrogen-bond donors (Lipinski definition) is 1. The van der Waals surface area contributed by atoms with Crippen LogP contribution < -0.4 is 0 Å². The van der Waals surface area contributed by atoms with Crippen molar-refractivity contribution in [3.63, 3.8) is 0 Å². The van der Waals surface area contributed by atoms with E-state index in [2.05, 4.69) is 0 Å². The van der Waals surface area contributed by atoms with Gasteiger partial charge in [-0.05, 0) is 54.9 Å². The summed E-state index contributed by atoms with van der Waals surface area (Å²) in [6.45, 7) is 2.32. The molecule has 0 aliphatic carbocycles. The lowest BCUT2D eigenvalue weighted by molar-refractivity contribution is -0.145. The van der Waals surface area contributed by atoms with Crippen LogP contribution in [0.4, 0.5) is 13.2 Å². The van der Waals surface area contributed by atoms with Crippen LogP contribution >= 0.6 is 11.3 Å². The first-order valence-corrected chi connectivity index (χ1v) is 9.37. The molecule has 3 rings (SSSR count). The number of hydrogen-bond acceptors (Lipinski definition) is 3. The van der Waals surface area contributed by atoms with E-state index in [0.717, 1.165) is 29.3 Å². The summed E-state index contributed by atoms with van der Waals surface area (Å²) < 4.78 is 40.9. The molecule has 1 fully saturated rings. The molecule has 2 heterocycles. The van der Waals surface area contributed by atoms with Crippen molar-refractivity contribution < 1.29 is 23.1 Å². The second-order valence-electron chi connectivity index (χ2n) is 6.54. The average Bonchev–Trinajstić information content (AvgIpc) is 3.01. The van der Waals surface area contributed by atoms with E-state index in [4.69, 9.17) is 0 Å². The van der Waals surface area contributed by atoms with Crippen LogP contribution in [0.5, 0.6) is 0 Å². The van der Waals surface area contributed by atoms with Gasteiger partial charge in [-0.1, -0.05) is 24.6 Å². The Morgan fingerprint density at radius 2 is 2.00 bits per heavy atom. The lowest BCUT2D eigenvalue weighted by Gasteiger charge is -2.40. The Labute approximate surface area is 154 Å². The number of carboxylic acids is 1. The monoisotopic (exact) mass is 383 g/mol. The molecule has 1 N–H and O–H groups in total. The summed E-state index contributed by atoms with van der Waals surface area (Å²) in [5.74, 6) is -0.978. The van der Waals surface area contributed by atoms with Gasteiger partial charge in [0.05, 0.1) is 11.6 Å². The minimum atomic E-state index is -4.49. The number of piperidine rings is 1. The Kier molecular flexibility index (Phi) is 5.39. The summed E-state index contributed by atoms with van der Waals surface area (Å²) in [6, 6.07) is 5.87. The zero-order valence-electron chi connectivity index (χ0n) is 14.3. The number of rotatable bonds is 4.